The molecule has 0 bridgehead atoms. The molecule has 1 amide bonds. The minimum Gasteiger partial charge on any atom is -0.306 e. The van der Waals surface area contributed by atoms with Crippen LogP contribution in [-0.2, 0) is 11.3 Å². The number of amides is 1. The van der Waals surface area contributed by atoms with Gasteiger partial charge < -0.3 is 4.90 Å². The van der Waals surface area contributed by atoms with Crippen molar-refractivity contribution >= 4 is 34.0 Å². The lowest BCUT2D eigenvalue weighted by atomic mass is 9.93. The fraction of sp³-hybridized carbons (Fsp3) is 0.115. The number of carbonyl (C=O) groups excluding carboxylic acids is 1. The number of hydrogen-bond donors (Lipinski definition) is 0. The van der Waals surface area contributed by atoms with Gasteiger partial charge in [-0.1, -0.05) is 96.5 Å². The second-order valence-corrected chi connectivity index (χ2v) is 7.56. The Balaban J connectivity index is 1.75. The van der Waals surface area contributed by atoms with Crippen molar-refractivity contribution < 1.29 is 4.79 Å². The fourth-order valence-electron chi connectivity index (χ4n) is 3.71. The number of hydrogen-bond acceptors (Lipinski definition) is 1. The Morgan fingerprint density at radius 2 is 1.48 bits per heavy atom. The Morgan fingerprint density at radius 3 is 2.28 bits per heavy atom. The molecular weight excluding hydrogens is 378 g/mol. The van der Waals surface area contributed by atoms with Gasteiger partial charge in [-0.15, -0.1) is 0 Å². The minimum absolute atomic E-state index is 0.0262. The lowest BCUT2D eigenvalue weighted by Crippen LogP contribution is -2.34. The summed E-state index contributed by atoms with van der Waals surface area (Å²) in [6.45, 7) is 2.44. The summed E-state index contributed by atoms with van der Waals surface area (Å²) in [4.78, 5) is 15.5. The summed E-state index contributed by atoms with van der Waals surface area (Å²) in [5, 5.41) is 2.81. The molecule has 0 saturated heterocycles. The lowest BCUT2D eigenvalue weighted by Gasteiger charge is -2.27. The monoisotopic (exact) mass is 399 g/mol. The Bertz CT molecular complexity index is 1130. The summed E-state index contributed by atoms with van der Waals surface area (Å²) in [6, 6.07) is 31.8. The van der Waals surface area contributed by atoms with E-state index in [0.717, 1.165) is 27.6 Å². The molecule has 0 aliphatic rings. The molecule has 1 unspecified atom stereocenters. The normalized spacial score (nSPS) is 11.9. The maximum atomic E-state index is 13.7. The van der Waals surface area contributed by atoms with E-state index in [1.807, 2.05) is 85.8 Å². The van der Waals surface area contributed by atoms with Gasteiger partial charge in [0, 0.05) is 0 Å². The molecule has 0 aliphatic heterocycles. The van der Waals surface area contributed by atoms with Gasteiger partial charge in [-0.05, 0) is 41.0 Å². The van der Waals surface area contributed by atoms with E-state index in [-0.39, 0.29) is 11.8 Å². The predicted octanol–water partition coefficient (Wildman–Crippen LogP) is 6.83. The molecule has 0 heterocycles. The number of halogens is 1. The fourth-order valence-corrected chi connectivity index (χ4v) is 3.95. The van der Waals surface area contributed by atoms with Crippen LogP contribution in [0.1, 0.15) is 24.0 Å². The Hall–Kier alpha value is -3.10. The topological polar surface area (TPSA) is 20.3 Å². The summed E-state index contributed by atoms with van der Waals surface area (Å²) >= 11 is 6.48. The molecule has 0 fully saturated rings. The molecule has 0 spiro atoms. The standard InChI is InChI=1S/C26H22ClNO/c1-19(22-15-9-13-21-12-5-6-14-23(21)22)26(29)28(18-20-10-3-2-4-11-20)25-17-8-7-16-24(25)27/h2-17,19H,18H2,1H3. The van der Waals surface area contributed by atoms with E-state index in [4.69, 9.17) is 11.6 Å². The highest BCUT2D eigenvalue weighted by Crippen LogP contribution is 2.32. The van der Waals surface area contributed by atoms with Crippen LogP contribution in [0.5, 0.6) is 0 Å². The number of fused-ring (bicyclic) bond motifs is 1. The maximum Gasteiger partial charge on any atom is 0.234 e. The quantitative estimate of drug-likeness (QED) is 0.360. The second kappa shape index (κ2) is 8.50. The van der Waals surface area contributed by atoms with Crippen molar-refractivity contribution in [2.45, 2.75) is 19.4 Å². The van der Waals surface area contributed by atoms with E-state index in [0.29, 0.717) is 11.6 Å². The number of nitrogens with zero attached hydrogens (tertiary/aromatic N) is 1. The third-order valence-corrected chi connectivity index (χ3v) is 5.57. The molecule has 0 aromatic heterocycles. The van der Waals surface area contributed by atoms with Gasteiger partial charge in [0.05, 0.1) is 23.2 Å². The molecule has 0 saturated carbocycles. The molecule has 3 heteroatoms. The van der Waals surface area contributed by atoms with Gasteiger partial charge in [0.2, 0.25) is 5.91 Å². The van der Waals surface area contributed by atoms with Gasteiger partial charge in [-0.25, -0.2) is 0 Å². The third kappa shape index (κ3) is 4.03. The molecule has 29 heavy (non-hydrogen) atoms. The number of anilines is 1. The van der Waals surface area contributed by atoms with Crippen molar-refractivity contribution in [3.63, 3.8) is 0 Å². The molecule has 4 aromatic carbocycles. The van der Waals surface area contributed by atoms with Gasteiger partial charge in [0.15, 0.2) is 0 Å². The molecule has 0 radical (unpaired) electrons. The number of para-hydroxylation sites is 1. The summed E-state index contributed by atoms with van der Waals surface area (Å²) in [7, 11) is 0. The molecule has 0 N–H and O–H groups in total. The van der Waals surface area contributed by atoms with Crippen LogP contribution in [0.15, 0.2) is 97.1 Å². The third-order valence-electron chi connectivity index (χ3n) is 5.25. The SMILES string of the molecule is CC(C(=O)N(Cc1ccccc1)c1ccccc1Cl)c1cccc2ccccc12. The average Bonchev–Trinajstić information content (AvgIpc) is 2.77. The lowest BCUT2D eigenvalue weighted by molar-refractivity contribution is -0.119. The first-order chi connectivity index (χ1) is 14.1. The van der Waals surface area contributed by atoms with Crippen LogP contribution in [-0.4, -0.2) is 5.91 Å². The number of benzene rings is 4. The minimum atomic E-state index is -0.305. The Morgan fingerprint density at radius 1 is 0.828 bits per heavy atom. The highest BCUT2D eigenvalue weighted by Gasteiger charge is 2.26. The van der Waals surface area contributed by atoms with E-state index in [1.54, 1.807) is 4.90 Å². The molecule has 4 aromatic rings. The molecular formula is C26H22ClNO. The van der Waals surface area contributed by atoms with Crippen LogP contribution in [0.3, 0.4) is 0 Å². The van der Waals surface area contributed by atoms with Gasteiger partial charge in [0.1, 0.15) is 0 Å². The average molecular weight is 400 g/mol. The zero-order valence-electron chi connectivity index (χ0n) is 16.3. The summed E-state index contributed by atoms with van der Waals surface area (Å²) in [6.07, 6.45) is 0. The molecule has 1 atom stereocenters. The van der Waals surface area contributed by atoms with E-state index in [2.05, 4.69) is 18.2 Å². The van der Waals surface area contributed by atoms with Crippen LogP contribution in [0, 0.1) is 0 Å². The second-order valence-electron chi connectivity index (χ2n) is 7.15. The zero-order chi connectivity index (χ0) is 20.2. The van der Waals surface area contributed by atoms with Crippen LogP contribution in [0.25, 0.3) is 10.8 Å². The molecule has 144 valence electrons. The van der Waals surface area contributed by atoms with Crippen LogP contribution >= 0.6 is 11.6 Å². The predicted molar refractivity (Wildman–Crippen MR) is 121 cm³/mol. The van der Waals surface area contributed by atoms with Gasteiger partial charge in [-0.3, -0.25) is 4.79 Å². The molecule has 4 rings (SSSR count). The molecule has 2 nitrogen and oxygen atoms in total. The Labute approximate surface area is 176 Å². The van der Waals surface area contributed by atoms with Gasteiger partial charge in [0.25, 0.3) is 0 Å². The van der Waals surface area contributed by atoms with Crippen LogP contribution < -0.4 is 4.90 Å². The van der Waals surface area contributed by atoms with E-state index < -0.39 is 0 Å². The van der Waals surface area contributed by atoms with Crippen molar-refractivity contribution in [2.24, 2.45) is 0 Å². The van der Waals surface area contributed by atoms with Crippen LogP contribution in [0.4, 0.5) is 5.69 Å². The summed E-state index contributed by atoms with van der Waals surface area (Å²) in [5.74, 6) is -0.278. The first-order valence-corrected chi connectivity index (χ1v) is 10.1. The van der Waals surface area contributed by atoms with E-state index in [9.17, 15) is 4.79 Å². The number of rotatable bonds is 5. The van der Waals surface area contributed by atoms with Crippen molar-refractivity contribution in [3.8, 4) is 0 Å². The van der Waals surface area contributed by atoms with Gasteiger partial charge >= 0.3 is 0 Å². The summed E-state index contributed by atoms with van der Waals surface area (Å²) in [5.41, 5.74) is 2.82. The van der Waals surface area contributed by atoms with Crippen molar-refractivity contribution in [3.05, 3.63) is 113 Å². The van der Waals surface area contributed by atoms with E-state index in [1.165, 1.54) is 0 Å². The van der Waals surface area contributed by atoms with Crippen LogP contribution in [0.2, 0.25) is 5.02 Å². The van der Waals surface area contributed by atoms with E-state index >= 15 is 0 Å². The first kappa shape index (κ1) is 19.2. The maximum absolute atomic E-state index is 13.7. The largest absolute Gasteiger partial charge is 0.306 e. The molecule has 0 aliphatic carbocycles. The van der Waals surface area contributed by atoms with Crippen molar-refractivity contribution in [1.29, 1.82) is 0 Å². The van der Waals surface area contributed by atoms with Gasteiger partial charge in [-0.2, -0.15) is 0 Å². The number of carbonyl (C=O) groups is 1. The van der Waals surface area contributed by atoms with Crippen molar-refractivity contribution in [1.82, 2.24) is 0 Å². The zero-order valence-corrected chi connectivity index (χ0v) is 17.0. The first-order valence-electron chi connectivity index (χ1n) is 9.72. The van der Waals surface area contributed by atoms with Crippen molar-refractivity contribution in [2.75, 3.05) is 4.90 Å². The Kier molecular flexibility index (Phi) is 5.64. The summed E-state index contributed by atoms with van der Waals surface area (Å²) < 4.78 is 0. The highest BCUT2D eigenvalue weighted by molar-refractivity contribution is 6.33. The highest BCUT2D eigenvalue weighted by atomic mass is 35.5. The smallest absolute Gasteiger partial charge is 0.234 e.